The predicted molar refractivity (Wildman–Crippen MR) is 131 cm³/mol. The molecule has 1 fully saturated rings. The molecule has 1 saturated heterocycles. The minimum Gasteiger partial charge on any atom is -0.438 e. The Morgan fingerprint density at radius 1 is 1.06 bits per heavy atom. The van der Waals surface area contributed by atoms with Gasteiger partial charge in [0.05, 0.1) is 0 Å². The number of hydrogen-bond acceptors (Lipinski definition) is 4. The third-order valence-electron chi connectivity index (χ3n) is 6.21. The van der Waals surface area contributed by atoms with Crippen LogP contribution in [0.25, 0.3) is 22.2 Å². The highest BCUT2D eigenvalue weighted by Crippen LogP contribution is 2.34. The SMILES string of the molecule is CN(C)c1ccc(-c2ccc3oc([C@H]4CCCN4C(=O)NCc4ccccc4)nc3c2)cc1. The van der Waals surface area contributed by atoms with Gasteiger partial charge in [-0.05, 0) is 53.8 Å². The van der Waals surface area contributed by atoms with Gasteiger partial charge in [0.2, 0.25) is 5.89 Å². The van der Waals surface area contributed by atoms with Crippen LogP contribution < -0.4 is 10.2 Å². The summed E-state index contributed by atoms with van der Waals surface area (Å²) in [6.07, 6.45) is 1.79. The van der Waals surface area contributed by atoms with Crippen LogP contribution in [0.15, 0.2) is 77.2 Å². The average molecular weight is 441 g/mol. The Morgan fingerprint density at radius 2 is 1.82 bits per heavy atom. The molecular formula is C27H28N4O2. The first kappa shape index (κ1) is 21.1. The molecule has 1 aliphatic rings. The van der Waals surface area contributed by atoms with Crippen LogP contribution in [0.1, 0.15) is 30.3 Å². The molecule has 0 bridgehead atoms. The van der Waals surface area contributed by atoms with Gasteiger partial charge in [-0.2, -0.15) is 0 Å². The number of amides is 2. The summed E-state index contributed by atoms with van der Waals surface area (Å²) in [5, 5.41) is 3.03. The van der Waals surface area contributed by atoms with E-state index in [-0.39, 0.29) is 12.1 Å². The van der Waals surface area contributed by atoms with Crippen LogP contribution in [0.3, 0.4) is 0 Å². The lowest BCUT2D eigenvalue weighted by atomic mass is 10.0. The van der Waals surface area contributed by atoms with Crippen LogP contribution in [0.5, 0.6) is 0 Å². The van der Waals surface area contributed by atoms with E-state index in [1.54, 1.807) is 0 Å². The number of benzene rings is 3. The summed E-state index contributed by atoms with van der Waals surface area (Å²) < 4.78 is 6.10. The second kappa shape index (κ2) is 8.98. The summed E-state index contributed by atoms with van der Waals surface area (Å²) in [7, 11) is 4.07. The number of hydrogen-bond donors (Lipinski definition) is 1. The lowest BCUT2D eigenvalue weighted by Crippen LogP contribution is -2.39. The molecule has 2 amide bonds. The third-order valence-corrected chi connectivity index (χ3v) is 6.21. The van der Waals surface area contributed by atoms with Gasteiger partial charge < -0.3 is 19.5 Å². The van der Waals surface area contributed by atoms with Crippen molar-refractivity contribution in [1.82, 2.24) is 15.2 Å². The number of likely N-dealkylation sites (tertiary alicyclic amines) is 1. The Morgan fingerprint density at radius 3 is 2.58 bits per heavy atom. The zero-order valence-corrected chi connectivity index (χ0v) is 19.0. The first-order valence-corrected chi connectivity index (χ1v) is 11.3. The van der Waals surface area contributed by atoms with Crippen LogP contribution in [-0.2, 0) is 6.54 Å². The quantitative estimate of drug-likeness (QED) is 0.438. The number of nitrogens with one attached hydrogen (secondary N) is 1. The fraction of sp³-hybridized carbons (Fsp3) is 0.259. The molecular weight excluding hydrogens is 412 g/mol. The van der Waals surface area contributed by atoms with Crippen LogP contribution >= 0.6 is 0 Å². The van der Waals surface area contributed by atoms with E-state index >= 15 is 0 Å². The first-order valence-electron chi connectivity index (χ1n) is 11.3. The van der Waals surface area contributed by atoms with Crippen molar-refractivity contribution in [3.05, 3.63) is 84.3 Å². The smallest absolute Gasteiger partial charge is 0.318 e. The van der Waals surface area contributed by atoms with Crippen molar-refractivity contribution in [3.63, 3.8) is 0 Å². The van der Waals surface area contributed by atoms with E-state index in [4.69, 9.17) is 9.40 Å². The molecule has 0 radical (unpaired) electrons. The standard InChI is InChI=1S/C27H28N4O2/c1-30(2)22-13-10-20(11-14-22)21-12-15-25-23(17-21)29-26(33-25)24-9-6-16-31(24)27(32)28-18-19-7-4-3-5-8-19/h3-5,7-8,10-15,17,24H,6,9,16,18H2,1-2H3,(H,28,32)/t24-/m1/s1. The minimum absolute atomic E-state index is 0.0784. The van der Waals surface area contributed by atoms with Crippen molar-refractivity contribution in [1.29, 1.82) is 0 Å². The fourth-order valence-electron chi connectivity index (χ4n) is 4.36. The number of anilines is 1. The number of urea groups is 1. The molecule has 0 aliphatic carbocycles. The monoisotopic (exact) mass is 440 g/mol. The number of carbonyl (C=O) groups is 1. The molecule has 1 N–H and O–H groups in total. The van der Waals surface area contributed by atoms with Crippen molar-refractivity contribution >= 4 is 22.8 Å². The van der Waals surface area contributed by atoms with Gasteiger partial charge in [0.15, 0.2) is 5.58 Å². The lowest BCUT2D eigenvalue weighted by Gasteiger charge is -2.22. The molecule has 1 aromatic heterocycles. The van der Waals surface area contributed by atoms with Crippen LogP contribution in [0, 0.1) is 0 Å². The number of rotatable bonds is 5. The number of carbonyl (C=O) groups excluding carboxylic acids is 1. The second-order valence-electron chi connectivity index (χ2n) is 8.67. The topological polar surface area (TPSA) is 61.6 Å². The molecule has 0 unspecified atom stereocenters. The molecule has 168 valence electrons. The van der Waals surface area contributed by atoms with E-state index in [2.05, 4.69) is 46.6 Å². The van der Waals surface area contributed by atoms with Gasteiger partial charge in [-0.25, -0.2) is 9.78 Å². The van der Waals surface area contributed by atoms with Crippen LogP contribution in [0.4, 0.5) is 10.5 Å². The summed E-state index contributed by atoms with van der Waals surface area (Å²) in [5.41, 5.74) is 6.03. The average Bonchev–Trinajstić information content (AvgIpc) is 3.50. The highest BCUT2D eigenvalue weighted by atomic mass is 16.4. The summed E-state index contributed by atoms with van der Waals surface area (Å²) in [5.74, 6) is 0.609. The van der Waals surface area contributed by atoms with E-state index in [0.29, 0.717) is 19.0 Å². The fourth-order valence-corrected chi connectivity index (χ4v) is 4.36. The minimum atomic E-state index is -0.143. The number of nitrogens with zero attached hydrogens (tertiary/aromatic N) is 3. The van der Waals surface area contributed by atoms with Gasteiger partial charge in [-0.15, -0.1) is 0 Å². The Hall–Kier alpha value is -3.80. The van der Waals surface area contributed by atoms with Crippen molar-refractivity contribution in [2.45, 2.75) is 25.4 Å². The molecule has 1 atom stereocenters. The van der Waals surface area contributed by atoms with Crippen molar-refractivity contribution in [2.24, 2.45) is 0 Å². The molecule has 0 saturated carbocycles. The molecule has 6 heteroatoms. The third kappa shape index (κ3) is 4.42. The maximum atomic E-state index is 12.9. The summed E-state index contributed by atoms with van der Waals surface area (Å²) in [6.45, 7) is 1.21. The maximum absolute atomic E-state index is 12.9. The lowest BCUT2D eigenvalue weighted by molar-refractivity contribution is 0.184. The van der Waals surface area contributed by atoms with Gasteiger partial charge >= 0.3 is 6.03 Å². The Labute approximate surface area is 193 Å². The molecule has 0 spiro atoms. The summed E-state index contributed by atoms with van der Waals surface area (Å²) >= 11 is 0. The van der Waals surface area contributed by atoms with E-state index in [1.807, 2.05) is 55.4 Å². The Bertz CT molecular complexity index is 1250. The van der Waals surface area contributed by atoms with E-state index in [1.165, 1.54) is 0 Å². The van der Waals surface area contributed by atoms with Crippen LogP contribution in [-0.4, -0.2) is 36.6 Å². The van der Waals surface area contributed by atoms with Gasteiger partial charge in [0.25, 0.3) is 0 Å². The second-order valence-corrected chi connectivity index (χ2v) is 8.67. The Balaban J connectivity index is 1.34. The molecule has 33 heavy (non-hydrogen) atoms. The Kier molecular flexibility index (Phi) is 5.73. The highest BCUT2D eigenvalue weighted by Gasteiger charge is 2.33. The molecule has 4 aromatic rings. The normalized spacial score (nSPS) is 15.7. The van der Waals surface area contributed by atoms with Crippen molar-refractivity contribution in [3.8, 4) is 11.1 Å². The molecule has 6 nitrogen and oxygen atoms in total. The highest BCUT2D eigenvalue weighted by molar-refractivity contribution is 5.81. The van der Waals surface area contributed by atoms with E-state index < -0.39 is 0 Å². The number of fused-ring (bicyclic) bond motifs is 1. The molecule has 5 rings (SSSR count). The van der Waals surface area contributed by atoms with E-state index in [0.717, 1.165) is 46.3 Å². The number of aromatic nitrogens is 1. The summed E-state index contributed by atoms with van der Waals surface area (Å²) in [6, 6.07) is 24.3. The summed E-state index contributed by atoms with van der Waals surface area (Å²) in [4.78, 5) is 21.6. The predicted octanol–water partition coefficient (Wildman–Crippen LogP) is 5.61. The van der Waals surface area contributed by atoms with Crippen molar-refractivity contribution < 1.29 is 9.21 Å². The van der Waals surface area contributed by atoms with Crippen LogP contribution in [0.2, 0.25) is 0 Å². The number of oxazole rings is 1. The van der Waals surface area contributed by atoms with Gasteiger partial charge in [-0.1, -0.05) is 48.5 Å². The zero-order valence-electron chi connectivity index (χ0n) is 19.0. The van der Waals surface area contributed by atoms with E-state index in [9.17, 15) is 4.79 Å². The van der Waals surface area contributed by atoms with Gasteiger partial charge in [-0.3, -0.25) is 0 Å². The largest absolute Gasteiger partial charge is 0.438 e. The zero-order chi connectivity index (χ0) is 22.8. The van der Waals surface area contributed by atoms with Crippen molar-refractivity contribution in [2.75, 3.05) is 25.5 Å². The molecule has 1 aliphatic heterocycles. The van der Waals surface area contributed by atoms with Gasteiger partial charge in [0, 0.05) is 32.9 Å². The molecule has 3 aromatic carbocycles. The molecule has 2 heterocycles. The first-order chi connectivity index (χ1) is 16.1. The maximum Gasteiger partial charge on any atom is 0.318 e. The van der Waals surface area contributed by atoms with Gasteiger partial charge in [0.1, 0.15) is 11.6 Å².